The zero-order chi connectivity index (χ0) is 12.7. The van der Waals surface area contributed by atoms with Gasteiger partial charge in [-0.2, -0.15) is 0 Å². The number of benzene rings is 1. The van der Waals surface area contributed by atoms with E-state index in [9.17, 15) is 0 Å². The summed E-state index contributed by atoms with van der Waals surface area (Å²) < 4.78 is 5.50. The van der Waals surface area contributed by atoms with Gasteiger partial charge in [-0.1, -0.05) is 18.7 Å². The van der Waals surface area contributed by atoms with Crippen LogP contribution >= 0.6 is 11.6 Å². The topological polar surface area (TPSA) is 29.5 Å². The van der Waals surface area contributed by atoms with Gasteiger partial charge in [-0.25, -0.2) is 0 Å². The molecule has 0 radical (unpaired) electrons. The maximum atomic E-state index is 8.74. The van der Waals surface area contributed by atoms with Crippen LogP contribution in [0.1, 0.15) is 30.7 Å². The van der Waals surface area contributed by atoms with Crippen molar-refractivity contribution < 1.29 is 9.84 Å². The second-order valence-electron chi connectivity index (χ2n) is 4.15. The van der Waals surface area contributed by atoms with E-state index in [1.807, 2.05) is 31.2 Å². The monoisotopic (exact) mass is 254 g/mol. The highest BCUT2D eigenvalue weighted by Gasteiger charge is 2.07. The Bertz CT molecular complexity index is 346. The molecule has 0 fully saturated rings. The molecule has 0 heterocycles. The minimum atomic E-state index is -0.0441. The molecule has 1 aromatic rings. The van der Waals surface area contributed by atoms with Crippen LogP contribution in [0.25, 0.3) is 0 Å². The first-order valence-electron chi connectivity index (χ1n) is 5.75. The summed E-state index contributed by atoms with van der Waals surface area (Å²) in [5, 5.41) is 8.70. The number of halogens is 1. The SMILES string of the molecule is C=C(C)COc1ccc(C(Cl)CCCO)cc1. The van der Waals surface area contributed by atoms with Gasteiger partial charge in [0.05, 0.1) is 5.38 Å². The first-order chi connectivity index (χ1) is 8.13. The summed E-state index contributed by atoms with van der Waals surface area (Å²) in [7, 11) is 0. The first kappa shape index (κ1) is 14.1. The third-order valence-corrected chi connectivity index (χ3v) is 2.81. The van der Waals surface area contributed by atoms with Gasteiger partial charge in [-0.15, -0.1) is 11.6 Å². The summed E-state index contributed by atoms with van der Waals surface area (Å²) in [6.07, 6.45) is 1.51. The summed E-state index contributed by atoms with van der Waals surface area (Å²) in [5.41, 5.74) is 2.05. The smallest absolute Gasteiger partial charge is 0.119 e. The van der Waals surface area contributed by atoms with E-state index in [0.717, 1.165) is 29.7 Å². The fraction of sp³-hybridized carbons (Fsp3) is 0.429. The molecule has 3 heteroatoms. The van der Waals surface area contributed by atoms with E-state index in [1.54, 1.807) is 0 Å². The number of rotatable bonds is 7. The molecule has 17 heavy (non-hydrogen) atoms. The molecule has 0 aliphatic heterocycles. The molecule has 0 aromatic heterocycles. The van der Waals surface area contributed by atoms with E-state index in [4.69, 9.17) is 21.4 Å². The number of alkyl halides is 1. The molecule has 0 saturated heterocycles. The van der Waals surface area contributed by atoms with Gasteiger partial charge in [-0.3, -0.25) is 0 Å². The second kappa shape index (κ2) is 7.36. The van der Waals surface area contributed by atoms with Crippen molar-refractivity contribution in [2.45, 2.75) is 25.1 Å². The number of hydrogen-bond donors (Lipinski definition) is 1. The summed E-state index contributed by atoms with van der Waals surface area (Å²) in [6.45, 7) is 6.43. The molecule has 1 aromatic carbocycles. The van der Waals surface area contributed by atoms with Gasteiger partial charge < -0.3 is 9.84 Å². The van der Waals surface area contributed by atoms with Crippen LogP contribution in [0, 0.1) is 0 Å². The minimum Gasteiger partial charge on any atom is -0.489 e. The Balaban J connectivity index is 2.51. The number of aliphatic hydroxyl groups is 1. The van der Waals surface area contributed by atoms with Crippen LogP contribution in [0.2, 0.25) is 0 Å². The van der Waals surface area contributed by atoms with Crippen LogP contribution in [0.4, 0.5) is 0 Å². The van der Waals surface area contributed by atoms with E-state index in [-0.39, 0.29) is 12.0 Å². The van der Waals surface area contributed by atoms with E-state index in [0.29, 0.717) is 6.61 Å². The van der Waals surface area contributed by atoms with Crippen LogP contribution in [-0.4, -0.2) is 18.3 Å². The van der Waals surface area contributed by atoms with Gasteiger partial charge in [0.1, 0.15) is 12.4 Å². The molecule has 1 unspecified atom stereocenters. The minimum absolute atomic E-state index is 0.0441. The lowest BCUT2D eigenvalue weighted by atomic mass is 10.1. The van der Waals surface area contributed by atoms with Crippen molar-refractivity contribution in [3.05, 3.63) is 42.0 Å². The first-order valence-corrected chi connectivity index (χ1v) is 6.19. The Morgan fingerprint density at radius 3 is 2.59 bits per heavy atom. The van der Waals surface area contributed by atoms with Gasteiger partial charge >= 0.3 is 0 Å². The lowest BCUT2D eigenvalue weighted by molar-refractivity contribution is 0.284. The van der Waals surface area contributed by atoms with Crippen molar-refractivity contribution in [1.29, 1.82) is 0 Å². The maximum Gasteiger partial charge on any atom is 0.119 e. The molecule has 94 valence electrons. The highest BCUT2D eigenvalue weighted by molar-refractivity contribution is 6.20. The van der Waals surface area contributed by atoms with Crippen molar-refractivity contribution >= 4 is 11.6 Å². The lowest BCUT2D eigenvalue weighted by Gasteiger charge is -2.10. The molecule has 0 aliphatic carbocycles. The summed E-state index contributed by atoms with van der Waals surface area (Å²) in [6, 6.07) is 7.74. The highest BCUT2D eigenvalue weighted by Crippen LogP contribution is 2.27. The predicted octanol–water partition coefficient (Wildman–Crippen LogP) is 3.69. The number of hydrogen-bond acceptors (Lipinski definition) is 2. The molecule has 1 N–H and O–H groups in total. The van der Waals surface area contributed by atoms with Crippen LogP contribution < -0.4 is 4.74 Å². The van der Waals surface area contributed by atoms with Crippen LogP contribution in [-0.2, 0) is 0 Å². The largest absolute Gasteiger partial charge is 0.489 e. The Morgan fingerprint density at radius 2 is 2.06 bits per heavy atom. The lowest BCUT2D eigenvalue weighted by Crippen LogP contribution is -1.98. The Kier molecular flexibility index (Phi) is 6.09. The average Bonchev–Trinajstić information content (AvgIpc) is 2.34. The summed E-state index contributed by atoms with van der Waals surface area (Å²) in [5.74, 6) is 0.822. The van der Waals surface area contributed by atoms with Gasteiger partial charge in [0.25, 0.3) is 0 Å². The quantitative estimate of drug-likeness (QED) is 0.594. The molecule has 0 bridgehead atoms. The summed E-state index contributed by atoms with van der Waals surface area (Å²) in [4.78, 5) is 0. The van der Waals surface area contributed by atoms with E-state index in [1.165, 1.54) is 0 Å². The zero-order valence-electron chi connectivity index (χ0n) is 10.2. The third-order valence-electron chi connectivity index (χ3n) is 2.34. The normalized spacial score (nSPS) is 12.2. The average molecular weight is 255 g/mol. The number of aliphatic hydroxyl groups excluding tert-OH is 1. The van der Waals surface area contributed by atoms with Crippen LogP contribution in [0.15, 0.2) is 36.4 Å². The molecular formula is C14H19ClO2. The Labute approximate surface area is 108 Å². The fourth-order valence-electron chi connectivity index (χ4n) is 1.42. The standard InChI is InChI=1S/C14H19ClO2/c1-11(2)10-17-13-7-5-12(6-8-13)14(15)4-3-9-16/h5-8,14,16H,1,3-4,9-10H2,2H3. The van der Waals surface area contributed by atoms with Crippen molar-refractivity contribution in [1.82, 2.24) is 0 Å². The molecule has 1 rings (SSSR count). The van der Waals surface area contributed by atoms with Crippen molar-refractivity contribution in [3.8, 4) is 5.75 Å². The molecule has 2 nitrogen and oxygen atoms in total. The van der Waals surface area contributed by atoms with Gasteiger partial charge in [-0.05, 0) is 43.0 Å². The Hall–Kier alpha value is -0.990. The zero-order valence-corrected chi connectivity index (χ0v) is 10.9. The van der Waals surface area contributed by atoms with Crippen molar-refractivity contribution in [2.75, 3.05) is 13.2 Å². The Morgan fingerprint density at radius 1 is 1.41 bits per heavy atom. The fourth-order valence-corrected chi connectivity index (χ4v) is 1.72. The van der Waals surface area contributed by atoms with Gasteiger partial charge in [0.2, 0.25) is 0 Å². The highest BCUT2D eigenvalue weighted by atomic mass is 35.5. The third kappa shape index (κ3) is 5.24. The van der Waals surface area contributed by atoms with Gasteiger partial charge in [0, 0.05) is 6.61 Å². The van der Waals surface area contributed by atoms with E-state index >= 15 is 0 Å². The molecule has 0 amide bonds. The maximum absolute atomic E-state index is 8.74. The second-order valence-corrected chi connectivity index (χ2v) is 4.68. The predicted molar refractivity (Wildman–Crippen MR) is 71.7 cm³/mol. The molecule has 1 atom stereocenters. The van der Waals surface area contributed by atoms with Crippen molar-refractivity contribution in [3.63, 3.8) is 0 Å². The van der Waals surface area contributed by atoms with Crippen molar-refractivity contribution in [2.24, 2.45) is 0 Å². The molecular weight excluding hydrogens is 236 g/mol. The molecule has 0 saturated carbocycles. The summed E-state index contributed by atoms with van der Waals surface area (Å²) >= 11 is 6.20. The van der Waals surface area contributed by atoms with E-state index < -0.39 is 0 Å². The van der Waals surface area contributed by atoms with Gasteiger partial charge in [0.15, 0.2) is 0 Å². The number of ether oxygens (including phenoxy) is 1. The van der Waals surface area contributed by atoms with Crippen LogP contribution in [0.3, 0.4) is 0 Å². The van der Waals surface area contributed by atoms with E-state index in [2.05, 4.69) is 6.58 Å². The van der Waals surface area contributed by atoms with Crippen LogP contribution in [0.5, 0.6) is 5.75 Å². The molecule has 0 aliphatic rings. The molecule has 0 spiro atoms.